The van der Waals surface area contributed by atoms with Crippen LogP contribution in [0.4, 0.5) is 0 Å². The fourth-order valence-electron chi connectivity index (χ4n) is 7.33. The molecule has 53 heavy (non-hydrogen) atoms. The normalized spacial score (nSPS) is 13.7. The Bertz CT molecular complexity index is 784. The van der Waals surface area contributed by atoms with Crippen molar-refractivity contribution in [3.63, 3.8) is 0 Å². The molecule has 0 rings (SSSR count). The Hall–Kier alpha value is -1.17. The van der Waals surface area contributed by atoms with E-state index in [1.54, 1.807) is 0 Å². The van der Waals surface area contributed by atoms with Gasteiger partial charge in [0.2, 0.25) is 5.91 Å². The number of unbranched alkanes of at least 4 members (excludes halogenated alkanes) is 31. The lowest BCUT2D eigenvalue weighted by atomic mass is 10.0. The van der Waals surface area contributed by atoms with E-state index in [0.717, 1.165) is 38.5 Å². The Balaban J connectivity index is 3.57. The predicted molar refractivity (Wildman–Crippen MR) is 231 cm³/mol. The molecule has 0 aromatic carbocycles. The molecule has 0 aliphatic carbocycles. The Kier molecular flexibility index (Phi) is 42.6. The summed E-state index contributed by atoms with van der Waals surface area (Å²) in [6, 6.07) is -0.824. The highest BCUT2D eigenvalue weighted by Crippen LogP contribution is 2.16. The van der Waals surface area contributed by atoms with Crippen molar-refractivity contribution in [1.82, 2.24) is 5.32 Å². The largest absolute Gasteiger partial charge is 0.394 e. The summed E-state index contributed by atoms with van der Waals surface area (Å²) in [4.78, 5) is 12.4. The van der Waals surface area contributed by atoms with E-state index in [-0.39, 0.29) is 12.5 Å². The Labute approximate surface area is 331 Å². The molecule has 3 unspecified atom stereocenters. The van der Waals surface area contributed by atoms with Gasteiger partial charge in [-0.3, -0.25) is 4.79 Å². The summed E-state index contributed by atoms with van der Waals surface area (Å²) in [6.07, 6.45) is 53.1. The second-order valence-electron chi connectivity index (χ2n) is 16.3. The van der Waals surface area contributed by atoms with E-state index in [1.165, 1.54) is 186 Å². The van der Waals surface area contributed by atoms with Gasteiger partial charge in [-0.2, -0.15) is 0 Å². The number of aliphatic hydroxyl groups is 3. The summed E-state index contributed by atoms with van der Waals surface area (Å²) >= 11 is 0. The molecule has 0 bridgehead atoms. The van der Waals surface area contributed by atoms with Gasteiger partial charge in [-0.25, -0.2) is 0 Å². The number of amides is 1. The molecule has 0 aromatic rings. The van der Waals surface area contributed by atoms with Crippen molar-refractivity contribution >= 4 is 5.91 Å². The maximum absolute atomic E-state index is 12.4. The van der Waals surface area contributed by atoms with Crippen LogP contribution in [-0.2, 0) is 4.79 Å². The minimum Gasteiger partial charge on any atom is -0.394 e. The molecular formula is C48H93NO4. The monoisotopic (exact) mass is 748 g/mol. The first-order valence-corrected chi connectivity index (χ1v) is 23.6. The molecule has 0 aliphatic heterocycles. The number of nitrogens with one attached hydrogen (secondary N) is 1. The van der Waals surface area contributed by atoms with Crippen LogP contribution in [0.3, 0.4) is 0 Å². The van der Waals surface area contributed by atoms with Gasteiger partial charge in [-0.15, -0.1) is 0 Å². The minimum absolute atomic E-state index is 0.154. The quantitative estimate of drug-likeness (QED) is 0.0369. The van der Waals surface area contributed by atoms with Crippen LogP contribution in [0, 0.1) is 0 Å². The topological polar surface area (TPSA) is 89.8 Å². The summed E-state index contributed by atoms with van der Waals surface area (Å²) in [5, 5.41) is 33.5. The summed E-state index contributed by atoms with van der Waals surface area (Å²) in [7, 11) is 0. The lowest BCUT2D eigenvalue weighted by Gasteiger charge is -2.26. The number of carbonyl (C=O) groups is 1. The molecule has 0 fully saturated rings. The lowest BCUT2D eigenvalue weighted by Crippen LogP contribution is -2.50. The second kappa shape index (κ2) is 43.6. The smallest absolute Gasteiger partial charge is 0.220 e. The van der Waals surface area contributed by atoms with Crippen LogP contribution in [0.15, 0.2) is 24.3 Å². The first-order valence-electron chi connectivity index (χ1n) is 23.6. The minimum atomic E-state index is -1.16. The Morgan fingerprint density at radius 3 is 1.09 bits per heavy atom. The first kappa shape index (κ1) is 51.8. The molecule has 0 heterocycles. The predicted octanol–water partition coefficient (Wildman–Crippen LogP) is 13.8. The molecular weight excluding hydrogens is 655 g/mol. The Morgan fingerprint density at radius 1 is 0.453 bits per heavy atom. The van der Waals surface area contributed by atoms with Crippen LogP contribution in [0.25, 0.3) is 0 Å². The molecule has 5 nitrogen and oxygen atoms in total. The number of carbonyl (C=O) groups excluding carboxylic acids is 1. The SMILES string of the molecule is CCCCCCCCCC/C=C/CCCC(O)C(O)C(CO)NC(=O)CCCCCCCCCCCC/C=C\CCCCCCCCCCCCCC. The van der Waals surface area contributed by atoms with Gasteiger partial charge in [0, 0.05) is 6.42 Å². The van der Waals surface area contributed by atoms with Crippen molar-refractivity contribution in [3.05, 3.63) is 24.3 Å². The fraction of sp³-hybridized carbons (Fsp3) is 0.896. The van der Waals surface area contributed by atoms with E-state index in [2.05, 4.69) is 43.5 Å². The average molecular weight is 748 g/mol. The molecule has 3 atom stereocenters. The van der Waals surface area contributed by atoms with Crippen molar-refractivity contribution < 1.29 is 20.1 Å². The third-order valence-electron chi connectivity index (χ3n) is 11.0. The zero-order chi connectivity index (χ0) is 38.7. The third-order valence-corrected chi connectivity index (χ3v) is 11.0. The van der Waals surface area contributed by atoms with Gasteiger partial charge in [-0.05, 0) is 64.2 Å². The van der Waals surface area contributed by atoms with Gasteiger partial charge in [0.25, 0.3) is 0 Å². The standard InChI is InChI=1S/C48H93NO4/c1-3-5-7-9-11-13-15-17-18-19-20-21-22-23-24-25-26-27-28-29-31-33-35-37-39-41-43-47(52)49-45(44-50)48(53)46(51)42-40-38-36-34-32-30-16-14-12-10-8-6-4-2/h23-24,34,36,45-46,48,50-51,53H,3-22,25-33,35,37-44H2,1-2H3,(H,49,52)/b24-23-,36-34+. The summed E-state index contributed by atoms with van der Waals surface area (Å²) < 4.78 is 0. The number of allylic oxidation sites excluding steroid dienone is 4. The molecule has 1 amide bonds. The summed E-state index contributed by atoms with van der Waals surface area (Å²) in [5.41, 5.74) is 0. The molecule has 0 aliphatic rings. The maximum Gasteiger partial charge on any atom is 0.220 e. The van der Waals surface area contributed by atoms with Crippen LogP contribution in [-0.4, -0.2) is 46.1 Å². The Morgan fingerprint density at radius 2 is 0.755 bits per heavy atom. The number of hydrogen-bond donors (Lipinski definition) is 4. The number of aliphatic hydroxyl groups excluding tert-OH is 3. The van der Waals surface area contributed by atoms with Crippen molar-refractivity contribution in [1.29, 1.82) is 0 Å². The van der Waals surface area contributed by atoms with Crippen LogP contribution in [0.2, 0.25) is 0 Å². The molecule has 0 radical (unpaired) electrons. The van der Waals surface area contributed by atoms with Gasteiger partial charge < -0.3 is 20.6 Å². The van der Waals surface area contributed by atoms with E-state index in [0.29, 0.717) is 12.8 Å². The zero-order valence-electron chi connectivity index (χ0n) is 35.7. The summed E-state index contributed by atoms with van der Waals surface area (Å²) in [6.45, 7) is 4.17. The molecule has 0 saturated carbocycles. The average Bonchev–Trinajstić information content (AvgIpc) is 3.16. The molecule has 4 N–H and O–H groups in total. The van der Waals surface area contributed by atoms with Crippen molar-refractivity contribution in [3.8, 4) is 0 Å². The number of hydrogen-bond acceptors (Lipinski definition) is 4. The van der Waals surface area contributed by atoms with E-state index >= 15 is 0 Å². The zero-order valence-corrected chi connectivity index (χ0v) is 35.7. The van der Waals surface area contributed by atoms with Gasteiger partial charge >= 0.3 is 0 Å². The highest BCUT2D eigenvalue weighted by molar-refractivity contribution is 5.76. The molecule has 0 saturated heterocycles. The fourth-order valence-corrected chi connectivity index (χ4v) is 7.33. The molecule has 0 spiro atoms. The van der Waals surface area contributed by atoms with Gasteiger partial charge in [0.15, 0.2) is 0 Å². The summed E-state index contributed by atoms with van der Waals surface area (Å²) in [5.74, 6) is -0.154. The molecule has 0 aromatic heterocycles. The van der Waals surface area contributed by atoms with E-state index < -0.39 is 18.2 Å². The second-order valence-corrected chi connectivity index (χ2v) is 16.3. The molecule has 5 heteroatoms. The van der Waals surface area contributed by atoms with Gasteiger partial charge in [0.05, 0.1) is 18.8 Å². The van der Waals surface area contributed by atoms with Crippen LogP contribution in [0.5, 0.6) is 0 Å². The van der Waals surface area contributed by atoms with Gasteiger partial charge in [-0.1, -0.05) is 205 Å². The van der Waals surface area contributed by atoms with Crippen molar-refractivity contribution in [2.45, 2.75) is 270 Å². The van der Waals surface area contributed by atoms with Gasteiger partial charge in [0.1, 0.15) is 6.10 Å². The number of rotatable bonds is 43. The molecule has 314 valence electrons. The highest BCUT2D eigenvalue weighted by Gasteiger charge is 2.26. The van der Waals surface area contributed by atoms with E-state index in [1.807, 2.05) is 0 Å². The van der Waals surface area contributed by atoms with Crippen LogP contribution >= 0.6 is 0 Å². The van der Waals surface area contributed by atoms with E-state index in [9.17, 15) is 20.1 Å². The van der Waals surface area contributed by atoms with Crippen molar-refractivity contribution in [2.75, 3.05) is 6.61 Å². The van der Waals surface area contributed by atoms with E-state index in [4.69, 9.17) is 0 Å². The highest BCUT2D eigenvalue weighted by atomic mass is 16.3. The van der Waals surface area contributed by atoms with Crippen LogP contribution < -0.4 is 5.32 Å². The van der Waals surface area contributed by atoms with Crippen molar-refractivity contribution in [2.24, 2.45) is 0 Å². The maximum atomic E-state index is 12.4. The third kappa shape index (κ3) is 38.9. The lowest BCUT2D eigenvalue weighted by molar-refractivity contribution is -0.124. The first-order chi connectivity index (χ1) is 26.1. The van der Waals surface area contributed by atoms with Crippen LogP contribution in [0.1, 0.15) is 251 Å².